The Bertz CT molecular complexity index is 935. The lowest BCUT2D eigenvalue weighted by Crippen LogP contribution is -2.42. The summed E-state index contributed by atoms with van der Waals surface area (Å²) in [6.07, 6.45) is -1.22. The number of methoxy groups -OCH3 is 1. The number of hydrogen-bond acceptors (Lipinski definition) is 6. The van der Waals surface area contributed by atoms with Crippen LogP contribution in [-0.4, -0.2) is 31.1 Å². The van der Waals surface area contributed by atoms with Gasteiger partial charge in [0.15, 0.2) is 17.6 Å². The average molecular weight is 441 g/mol. The van der Waals surface area contributed by atoms with E-state index in [0.717, 1.165) is 5.56 Å². The highest BCUT2D eigenvalue weighted by Crippen LogP contribution is 2.30. The van der Waals surface area contributed by atoms with E-state index in [1.165, 1.54) is 32.2 Å². The first-order valence-corrected chi connectivity index (χ1v) is 9.03. The Labute approximate surface area is 176 Å². The van der Waals surface area contributed by atoms with Gasteiger partial charge in [0.05, 0.1) is 12.7 Å². The largest absolute Gasteiger partial charge is 0.493 e. The Morgan fingerprint density at radius 1 is 1.10 bits per heavy atom. The number of esters is 1. The van der Waals surface area contributed by atoms with Crippen molar-refractivity contribution in [3.8, 4) is 11.5 Å². The number of urea groups is 1. The molecule has 0 bridgehead atoms. The van der Waals surface area contributed by atoms with Crippen LogP contribution in [0.4, 0.5) is 4.79 Å². The number of amides is 3. The Hall–Kier alpha value is -2.97. The minimum Gasteiger partial charge on any atom is -0.493 e. The third-order valence-corrected chi connectivity index (χ3v) is 4.28. The van der Waals surface area contributed by atoms with Crippen LogP contribution < -0.4 is 20.5 Å². The molecule has 29 heavy (non-hydrogen) atoms. The number of halogens is 2. The number of primary amides is 1. The molecule has 0 aliphatic heterocycles. The predicted octanol–water partition coefficient (Wildman–Crippen LogP) is 3.32. The fourth-order valence-electron chi connectivity index (χ4n) is 2.21. The van der Waals surface area contributed by atoms with Gasteiger partial charge < -0.3 is 19.9 Å². The van der Waals surface area contributed by atoms with Gasteiger partial charge in [-0.15, -0.1) is 0 Å². The van der Waals surface area contributed by atoms with Gasteiger partial charge in [-0.1, -0.05) is 29.3 Å². The Kier molecular flexibility index (Phi) is 7.69. The summed E-state index contributed by atoms with van der Waals surface area (Å²) in [5.74, 6) is -0.978. The van der Waals surface area contributed by atoms with Gasteiger partial charge in [0, 0.05) is 15.6 Å². The quantitative estimate of drug-likeness (QED) is 0.637. The molecule has 0 saturated heterocycles. The maximum absolute atomic E-state index is 12.2. The van der Waals surface area contributed by atoms with Crippen LogP contribution in [0, 0.1) is 0 Å². The van der Waals surface area contributed by atoms with E-state index in [1.54, 1.807) is 18.2 Å². The Morgan fingerprint density at radius 2 is 1.83 bits per heavy atom. The summed E-state index contributed by atoms with van der Waals surface area (Å²) >= 11 is 12.0. The highest BCUT2D eigenvalue weighted by atomic mass is 35.5. The van der Waals surface area contributed by atoms with Crippen molar-refractivity contribution in [1.82, 2.24) is 5.32 Å². The molecule has 8 nitrogen and oxygen atoms in total. The number of nitrogens with two attached hydrogens (primary N) is 1. The normalized spacial score (nSPS) is 11.3. The van der Waals surface area contributed by atoms with Crippen molar-refractivity contribution in [2.45, 2.75) is 19.6 Å². The van der Waals surface area contributed by atoms with Crippen molar-refractivity contribution in [2.75, 3.05) is 7.11 Å². The van der Waals surface area contributed by atoms with Crippen LogP contribution in [0.2, 0.25) is 10.0 Å². The van der Waals surface area contributed by atoms with E-state index in [-0.39, 0.29) is 17.9 Å². The summed E-state index contributed by atoms with van der Waals surface area (Å²) in [4.78, 5) is 34.5. The summed E-state index contributed by atoms with van der Waals surface area (Å²) in [5, 5.41) is 2.80. The van der Waals surface area contributed by atoms with Gasteiger partial charge in [-0.05, 0) is 37.3 Å². The molecule has 3 N–H and O–H groups in total. The van der Waals surface area contributed by atoms with Gasteiger partial charge in [0.2, 0.25) is 0 Å². The molecular formula is C19H18Cl2N2O6. The second-order valence-corrected chi connectivity index (χ2v) is 6.63. The molecular weight excluding hydrogens is 423 g/mol. The molecule has 0 saturated carbocycles. The Balaban J connectivity index is 2.08. The van der Waals surface area contributed by atoms with Gasteiger partial charge in [0.1, 0.15) is 6.61 Å². The number of carbonyl (C=O) groups excluding carboxylic acids is 3. The van der Waals surface area contributed by atoms with E-state index in [9.17, 15) is 14.4 Å². The molecule has 0 fully saturated rings. The van der Waals surface area contributed by atoms with Crippen molar-refractivity contribution in [3.05, 3.63) is 57.6 Å². The van der Waals surface area contributed by atoms with E-state index in [2.05, 4.69) is 0 Å². The number of benzene rings is 2. The average Bonchev–Trinajstić information content (AvgIpc) is 2.66. The van der Waals surface area contributed by atoms with E-state index < -0.39 is 24.0 Å². The van der Waals surface area contributed by atoms with Gasteiger partial charge in [-0.25, -0.2) is 9.59 Å². The van der Waals surface area contributed by atoms with Crippen LogP contribution in [0.1, 0.15) is 22.8 Å². The first-order chi connectivity index (χ1) is 13.7. The fourth-order valence-corrected chi connectivity index (χ4v) is 2.68. The lowest BCUT2D eigenvalue weighted by molar-refractivity contribution is -0.127. The Morgan fingerprint density at radius 3 is 2.45 bits per heavy atom. The zero-order valence-corrected chi connectivity index (χ0v) is 17.0. The highest BCUT2D eigenvalue weighted by molar-refractivity contribution is 6.35. The van der Waals surface area contributed by atoms with Crippen molar-refractivity contribution in [1.29, 1.82) is 0 Å². The van der Waals surface area contributed by atoms with Crippen molar-refractivity contribution >= 4 is 41.1 Å². The molecule has 2 rings (SSSR count). The van der Waals surface area contributed by atoms with E-state index in [1.807, 2.05) is 5.32 Å². The number of imide groups is 1. The first kappa shape index (κ1) is 22.3. The molecule has 0 aromatic heterocycles. The predicted molar refractivity (Wildman–Crippen MR) is 106 cm³/mol. The van der Waals surface area contributed by atoms with Crippen LogP contribution >= 0.6 is 23.2 Å². The molecule has 2 aromatic carbocycles. The molecule has 2 aromatic rings. The number of nitrogens with one attached hydrogen (secondary N) is 1. The van der Waals surface area contributed by atoms with Gasteiger partial charge in [-0.2, -0.15) is 0 Å². The molecule has 0 spiro atoms. The number of rotatable bonds is 7. The number of ether oxygens (including phenoxy) is 3. The second kappa shape index (κ2) is 9.99. The van der Waals surface area contributed by atoms with Crippen molar-refractivity contribution in [3.63, 3.8) is 0 Å². The summed E-state index contributed by atoms with van der Waals surface area (Å²) in [7, 11) is 1.41. The standard InChI is InChI=1S/C19H18Cl2N2O6/c1-10(17(24)23-19(22)26)29-18(25)11-4-6-15(16(7-11)27-2)28-9-12-3-5-13(20)8-14(12)21/h3-8,10H,9H2,1-2H3,(H3,22,23,24,26). The molecule has 3 amide bonds. The van der Waals surface area contributed by atoms with Crippen LogP contribution in [-0.2, 0) is 16.1 Å². The van der Waals surface area contributed by atoms with Gasteiger partial charge >= 0.3 is 12.0 Å². The zero-order chi connectivity index (χ0) is 21.6. The highest BCUT2D eigenvalue weighted by Gasteiger charge is 2.21. The third-order valence-electron chi connectivity index (χ3n) is 3.70. The minimum absolute atomic E-state index is 0.123. The minimum atomic E-state index is -1.22. The van der Waals surface area contributed by atoms with E-state index in [4.69, 9.17) is 43.1 Å². The first-order valence-electron chi connectivity index (χ1n) is 8.27. The molecule has 0 aliphatic rings. The van der Waals surface area contributed by atoms with Crippen molar-refractivity contribution in [2.24, 2.45) is 5.73 Å². The number of carbonyl (C=O) groups is 3. The zero-order valence-electron chi connectivity index (χ0n) is 15.5. The van der Waals surface area contributed by atoms with Gasteiger partial charge in [0.25, 0.3) is 5.91 Å². The second-order valence-electron chi connectivity index (χ2n) is 5.79. The van der Waals surface area contributed by atoms with Crippen LogP contribution in [0.3, 0.4) is 0 Å². The summed E-state index contributed by atoms with van der Waals surface area (Å²) in [5.41, 5.74) is 5.70. The van der Waals surface area contributed by atoms with Crippen LogP contribution in [0.25, 0.3) is 0 Å². The molecule has 154 valence electrons. The number of hydrogen-bond donors (Lipinski definition) is 2. The molecule has 0 aliphatic carbocycles. The maximum atomic E-state index is 12.2. The van der Waals surface area contributed by atoms with Crippen molar-refractivity contribution < 1.29 is 28.6 Å². The SMILES string of the molecule is COc1cc(C(=O)OC(C)C(=O)NC(N)=O)ccc1OCc1ccc(Cl)cc1Cl. The lowest BCUT2D eigenvalue weighted by Gasteiger charge is -2.14. The maximum Gasteiger partial charge on any atom is 0.339 e. The van der Waals surface area contributed by atoms with Gasteiger partial charge in [-0.3, -0.25) is 10.1 Å². The molecule has 1 atom stereocenters. The van der Waals surface area contributed by atoms with E-state index in [0.29, 0.717) is 15.8 Å². The lowest BCUT2D eigenvalue weighted by atomic mass is 10.2. The van der Waals surface area contributed by atoms with E-state index >= 15 is 0 Å². The smallest absolute Gasteiger partial charge is 0.339 e. The van der Waals surface area contributed by atoms with Crippen LogP contribution in [0.5, 0.6) is 11.5 Å². The molecule has 10 heteroatoms. The molecule has 0 heterocycles. The summed E-state index contributed by atoms with van der Waals surface area (Å²) in [6, 6.07) is 8.37. The van der Waals surface area contributed by atoms with Crippen LogP contribution in [0.15, 0.2) is 36.4 Å². The fraction of sp³-hybridized carbons (Fsp3) is 0.211. The summed E-state index contributed by atoms with van der Waals surface area (Å²) < 4.78 is 16.0. The third kappa shape index (κ3) is 6.27. The monoisotopic (exact) mass is 440 g/mol. The summed E-state index contributed by atoms with van der Waals surface area (Å²) in [6.45, 7) is 1.46. The topological polar surface area (TPSA) is 117 Å². The molecule has 1 unspecified atom stereocenters. The molecule has 0 radical (unpaired) electrons.